The van der Waals surface area contributed by atoms with Crippen molar-refractivity contribution in [3.05, 3.63) is 34.9 Å². The van der Waals surface area contributed by atoms with Crippen molar-refractivity contribution in [3.8, 4) is 0 Å². The average Bonchev–Trinajstić information content (AvgIpc) is 2.71. The molecule has 3 rings (SSSR count). The van der Waals surface area contributed by atoms with Crippen LogP contribution in [-0.4, -0.2) is 42.4 Å². The quantitative estimate of drug-likeness (QED) is 0.762. The van der Waals surface area contributed by atoms with Gasteiger partial charge in [0.25, 0.3) is 5.91 Å². The number of halogens is 1. The number of hydrogen-bond acceptors (Lipinski definition) is 3. The van der Waals surface area contributed by atoms with Crippen molar-refractivity contribution in [2.24, 2.45) is 17.6 Å². The summed E-state index contributed by atoms with van der Waals surface area (Å²) in [6.07, 6.45) is 7.78. The van der Waals surface area contributed by atoms with Crippen LogP contribution in [-0.2, 0) is 4.79 Å². The van der Waals surface area contributed by atoms with Crippen molar-refractivity contribution in [3.63, 3.8) is 0 Å². The molecule has 0 radical (unpaired) electrons. The maximum absolute atomic E-state index is 13.0. The van der Waals surface area contributed by atoms with E-state index in [9.17, 15) is 9.59 Å². The predicted octanol–water partition coefficient (Wildman–Crippen LogP) is 3.60. The number of nitrogens with two attached hydrogens (primary N) is 1. The number of carbonyl (C=O) groups excluding carboxylic acids is 2. The predicted molar refractivity (Wildman–Crippen MR) is 119 cm³/mol. The zero-order valence-corrected chi connectivity index (χ0v) is 18.6. The highest BCUT2D eigenvalue weighted by atomic mass is 35.5. The van der Waals surface area contributed by atoms with Crippen molar-refractivity contribution in [1.82, 2.24) is 10.2 Å². The van der Waals surface area contributed by atoms with E-state index in [1.807, 2.05) is 30.9 Å². The summed E-state index contributed by atoms with van der Waals surface area (Å²) >= 11 is 0. The Kier molecular flexibility index (Phi) is 8.97. The molecule has 1 aliphatic carbocycles. The van der Waals surface area contributed by atoms with Crippen LogP contribution in [0.3, 0.4) is 0 Å². The number of hydrogen-bond donors (Lipinski definition) is 2. The molecule has 5 nitrogen and oxygen atoms in total. The van der Waals surface area contributed by atoms with Crippen molar-refractivity contribution >= 4 is 24.2 Å². The second-order valence-electron chi connectivity index (χ2n) is 8.72. The number of amides is 2. The van der Waals surface area contributed by atoms with Gasteiger partial charge in [-0.3, -0.25) is 9.59 Å². The van der Waals surface area contributed by atoms with Crippen LogP contribution in [0.1, 0.15) is 66.4 Å². The van der Waals surface area contributed by atoms with Gasteiger partial charge in [-0.2, -0.15) is 0 Å². The molecular weight excluding hydrogens is 386 g/mol. The van der Waals surface area contributed by atoms with Gasteiger partial charge in [0.15, 0.2) is 0 Å². The van der Waals surface area contributed by atoms with Gasteiger partial charge in [0.1, 0.15) is 0 Å². The minimum atomic E-state index is -0.138. The Bertz CT molecular complexity index is 683. The highest BCUT2D eigenvalue weighted by molar-refractivity contribution is 5.95. The SMILES string of the molecule is Cc1cc(C)cc(C(=O)N2CCCC(C(=O)NC(CN)C3CCCCC3)C2)c1.Cl. The second-order valence-corrected chi connectivity index (χ2v) is 8.72. The summed E-state index contributed by atoms with van der Waals surface area (Å²) in [5, 5.41) is 3.22. The van der Waals surface area contributed by atoms with E-state index < -0.39 is 0 Å². The summed E-state index contributed by atoms with van der Waals surface area (Å²) in [5.74, 6) is 0.464. The molecule has 2 fully saturated rings. The summed E-state index contributed by atoms with van der Waals surface area (Å²) in [4.78, 5) is 27.7. The van der Waals surface area contributed by atoms with Crippen LogP contribution in [0.5, 0.6) is 0 Å². The van der Waals surface area contributed by atoms with E-state index in [1.54, 1.807) is 0 Å². The fraction of sp³-hybridized carbons (Fsp3) is 0.652. The molecule has 1 heterocycles. The van der Waals surface area contributed by atoms with Crippen molar-refractivity contribution in [2.45, 2.75) is 64.8 Å². The Morgan fingerprint density at radius 2 is 1.72 bits per heavy atom. The minimum absolute atomic E-state index is 0. The van der Waals surface area contributed by atoms with Gasteiger partial charge in [0, 0.05) is 31.2 Å². The van der Waals surface area contributed by atoms with E-state index in [-0.39, 0.29) is 36.2 Å². The molecular formula is C23H36ClN3O2. The normalized spacial score (nSPS) is 21.2. The molecule has 1 saturated carbocycles. The molecule has 162 valence electrons. The summed E-state index contributed by atoms with van der Waals surface area (Å²) in [6, 6.07) is 6.01. The molecule has 2 atom stereocenters. The molecule has 0 aromatic heterocycles. The van der Waals surface area contributed by atoms with Gasteiger partial charge in [-0.1, -0.05) is 36.5 Å². The van der Waals surface area contributed by atoms with Crippen LogP contribution in [0.25, 0.3) is 0 Å². The van der Waals surface area contributed by atoms with Gasteiger partial charge in [0.05, 0.1) is 5.92 Å². The third kappa shape index (κ3) is 6.19. The van der Waals surface area contributed by atoms with E-state index in [0.717, 1.165) is 48.9 Å². The van der Waals surface area contributed by atoms with Crippen LogP contribution >= 0.6 is 12.4 Å². The van der Waals surface area contributed by atoms with E-state index in [0.29, 0.717) is 19.0 Å². The maximum Gasteiger partial charge on any atom is 0.253 e. The molecule has 6 heteroatoms. The monoisotopic (exact) mass is 421 g/mol. The Morgan fingerprint density at radius 3 is 2.34 bits per heavy atom. The van der Waals surface area contributed by atoms with Gasteiger partial charge in [-0.25, -0.2) is 0 Å². The van der Waals surface area contributed by atoms with Crippen LogP contribution in [0.2, 0.25) is 0 Å². The molecule has 2 amide bonds. The van der Waals surface area contributed by atoms with Crippen molar-refractivity contribution < 1.29 is 9.59 Å². The smallest absolute Gasteiger partial charge is 0.253 e. The molecule has 0 bridgehead atoms. The van der Waals surface area contributed by atoms with Crippen LogP contribution in [0, 0.1) is 25.7 Å². The summed E-state index contributed by atoms with van der Waals surface area (Å²) in [6.45, 7) is 5.73. The molecule has 1 aromatic rings. The Balaban J connectivity index is 0.00000300. The number of nitrogens with zero attached hydrogens (tertiary/aromatic N) is 1. The van der Waals surface area contributed by atoms with Crippen LogP contribution in [0.15, 0.2) is 18.2 Å². The fourth-order valence-corrected chi connectivity index (χ4v) is 4.86. The number of piperidine rings is 1. The Morgan fingerprint density at radius 1 is 1.07 bits per heavy atom. The highest BCUT2D eigenvalue weighted by Crippen LogP contribution is 2.27. The van der Waals surface area contributed by atoms with Gasteiger partial charge in [0.2, 0.25) is 5.91 Å². The topological polar surface area (TPSA) is 75.4 Å². The van der Waals surface area contributed by atoms with Gasteiger partial charge >= 0.3 is 0 Å². The lowest BCUT2D eigenvalue weighted by atomic mass is 9.83. The van der Waals surface area contributed by atoms with Crippen molar-refractivity contribution in [2.75, 3.05) is 19.6 Å². The lowest BCUT2D eigenvalue weighted by molar-refractivity contribution is -0.127. The average molecular weight is 422 g/mol. The molecule has 29 heavy (non-hydrogen) atoms. The molecule has 1 aliphatic heterocycles. The minimum Gasteiger partial charge on any atom is -0.352 e. The van der Waals surface area contributed by atoms with E-state index >= 15 is 0 Å². The fourth-order valence-electron chi connectivity index (χ4n) is 4.86. The van der Waals surface area contributed by atoms with Crippen LogP contribution in [0.4, 0.5) is 0 Å². The van der Waals surface area contributed by atoms with Gasteiger partial charge in [-0.05, 0) is 57.6 Å². The second kappa shape index (κ2) is 11.0. The Hall–Kier alpha value is -1.59. The zero-order chi connectivity index (χ0) is 20.1. The first-order valence-electron chi connectivity index (χ1n) is 10.9. The third-order valence-electron chi connectivity index (χ3n) is 6.35. The molecule has 2 unspecified atom stereocenters. The van der Waals surface area contributed by atoms with Gasteiger partial charge < -0.3 is 16.0 Å². The Labute approximate surface area is 181 Å². The summed E-state index contributed by atoms with van der Waals surface area (Å²) in [5.41, 5.74) is 8.89. The number of aryl methyl sites for hydroxylation is 2. The largest absolute Gasteiger partial charge is 0.352 e. The van der Waals surface area contributed by atoms with E-state index in [1.165, 1.54) is 19.3 Å². The maximum atomic E-state index is 13.0. The number of nitrogens with one attached hydrogen (secondary N) is 1. The lowest BCUT2D eigenvalue weighted by Gasteiger charge is -2.35. The van der Waals surface area contributed by atoms with E-state index in [4.69, 9.17) is 5.73 Å². The summed E-state index contributed by atoms with van der Waals surface area (Å²) in [7, 11) is 0. The number of carbonyl (C=O) groups is 2. The first kappa shape index (κ1) is 23.7. The van der Waals surface area contributed by atoms with Gasteiger partial charge in [-0.15, -0.1) is 12.4 Å². The molecule has 0 spiro atoms. The first-order valence-corrected chi connectivity index (χ1v) is 10.9. The number of likely N-dealkylation sites (tertiary alicyclic amines) is 1. The standard InChI is InChI=1S/C23H35N3O2.ClH/c1-16-11-17(2)13-20(12-16)23(28)26-10-6-9-19(15-26)22(27)25-21(14-24)18-7-4-3-5-8-18;/h11-13,18-19,21H,3-10,14-15,24H2,1-2H3,(H,25,27);1H. The highest BCUT2D eigenvalue weighted by Gasteiger charge is 2.31. The lowest BCUT2D eigenvalue weighted by Crippen LogP contribution is -2.51. The molecule has 1 saturated heterocycles. The summed E-state index contributed by atoms with van der Waals surface area (Å²) < 4.78 is 0. The van der Waals surface area contributed by atoms with Crippen LogP contribution < -0.4 is 11.1 Å². The van der Waals surface area contributed by atoms with E-state index in [2.05, 4.69) is 11.4 Å². The number of benzene rings is 1. The van der Waals surface area contributed by atoms with Crippen molar-refractivity contribution in [1.29, 1.82) is 0 Å². The molecule has 2 aliphatic rings. The molecule has 3 N–H and O–H groups in total. The molecule has 1 aromatic carbocycles. The first-order chi connectivity index (χ1) is 13.5. The zero-order valence-electron chi connectivity index (χ0n) is 17.8. The third-order valence-corrected chi connectivity index (χ3v) is 6.35. The number of rotatable bonds is 5.